The highest BCUT2D eigenvalue weighted by atomic mass is 19.1. The molecule has 0 N–H and O–H groups in total. The Kier molecular flexibility index (Phi) is 5.60. The number of hydrogen-bond acceptors (Lipinski definition) is 3. The molecule has 0 fully saturated rings. The van der Waals surface area contributed by atoms with E-state index in [0.29, 0.717) is 24.4 Å². The highest BCUT2D eigenvalue weighted by molar-refractivity contribution is 5.28. The number of methoxy groups -OCH3 is 1. The molecule has 0 spiro atoms. The topological polar surface area (TPSA) is 36.3 Å². The zero-order valence-electron chi connectivity index (χ0n) is 11.1. The fraction of sp³-hybridized carbons (Fsp3) is 0.500. The summed E-state index contributed by atoms with van der Waals surface area (Å²) in [6, 6.07) is 7.06. The van der Waals surface area contributed by atoms with E-state index in [4.69, 9.17) is 10.00 Å². The van der Waals surface area contributed by atoms with Crippen LogP contribution in [0.15, 0.2) is 18.2 Å². The molecule has 18 heavy (non-hydrogen) atoms. The number of nitrogens with zero attached hydrogens (tertiary/aromatic N) is 2. The van der Waals surface area contributed by atoms with E-state index in [0.717, 1.165) is 6.54 Å². The van der Waals surface area contributed by atoms with E-state index < -0.39 is 0 Å². The van der Waals surface area contributed by atoms with Crippen LogP contribution < -0.4 is 4.74 Å². The molecule has 98 valence electrons. The number of halogens is 1. The molecule has 1 unspecified atom stereocenters. The van der Waals surface area contributed by atoms with Crippen molar-refractivity contribution in [2.75, 3.05) is 20.2 Å². The third-order valence-corrected chi connectivity index (χ3v) is 2.85. The number of hydrogen-bond donors (Lipinski definition) is 0. The van der Waals surface area contributed by atoms with E-state index in [9.17, 15) is 4.39 Å². The maximum Gasteiger partial charge on any atom is 0.131 e. The SMILES string of the molecule is CCN(Cc1ccc(OC)cc1F)CC(C)C#N. The summed E-state index contributed by atoms with van der Waals surface area (Å²) in [5.74, 6) is 0.202. The summed E-state index contributed by atoms with van der Waals surface area (Å²) >= 11 is 0. The van der Waals surface area contributed by atoms with Crippen molar-refractivity contribution in [3.8, 4) is 11.8 Å². The van der Waals surface area contributed by atoms with Gasteiger partial charge in [0.1, 0.15) is 11.6 Å². The van der Waals surface area contributed by atoms with Crippen LogP contribution in [-0.2, 0) is 6.54 Å². The Morgan fingerprint density at radius 3 is 2.72 bits per heavy atom. The number of rotatable bonds is 6. The van der Waals surface area contributed by atoms with Crippen molar-refractivity contribution in [3.05, 3.63) is 29.6 Å². The summed E-state index contributed by atoms with van der Waals surface area (Å²) < 4.78 is 18.7. The summed E-state index contributed by atoms with van der Waals surface area (Å²) in [5, 5.41) is 8.80. The second-order valence-electron chi connectivity index (χ2n) is 4.32. The van der Waals surface area contributed by atoms with Gasteiger partial charge in [-0.2, -0.15) is 5.26 Å². The maximum absolute atomic E-state index is 13.8. The summed E-state index contributed by atoms with van der Waals surface area (Å²) in [6.07, 6.45) is 0. The molecule has 0 heterocycles. The molecule has 0 bridgehead atoms. The smallest absolute Gasteiger partial charge is 0.131 e. The van der Waals surface area contributed by atoms with Gasteiger partial charge < -0.3 is 4.74 Å². The second-order valence-corrected chi connectivity index (χ2v) is 4.32. The Bertz CT molecular complexity index is 428. The van der Waals surface area contributed by atoms with Gasteiger partial charge in [0.2, 0.25) is 0 Å². The normalized spacial score (nSPS) is 12.2. The van der Waals surface area contributed by atoms with Crippen LogP contribution in [0.3, 0.4) is 0 Å². The lowest BCUT2D eigenvalue weighted by Gasteiger charge is -2.21. The van der Waals surface area contributed by atoms with E-state index in [1.54, 1.807) is 12.1 Å². The lowest BCUT2D eigenvalue weighted by atomic mass is 10.1. The molecule has 4 heteroatoms. The van der Waals surface area contributed by atoms with Crippen molar-refractivity contribution in [1.29, 1.82) is 5.26 Å². The molecule has 0 saturated carbocycles. The van der Waals surface area contributed by atoms with E-state index >= 15 is 0 Å². The van der Waals surface area contributed by atoms with Gasteiger partial charge in [-0.05, 0) is 19.5 Å². The van der Waals surface area contributed by atoms with Crippen molar-refractivity contribution < 1.29 is 9.13 Å². The molecule has 1 atom stereocenters. The first-order chi connectivity index (χ1) is 8.60. The van der Waals surface area contributed by atoms with Crippen LogP contribution in [0.5, 0.6) is 5.75 Å². The van der Waals surface area contributed by atoms with Gasteiger partial charge in [-0.15, -0.1) is 0 Å². The molecule has 3 nitrogen and oxygen atoms in total. The van der Waals surface area contributed by atoms with E-state index in [1.165, 1.54) is 13.2 Å². The summed E-state index contributed by atoms with van der Waals surface area (Å²) in [6.45, 7) is 5.83. The van der Waals surface area contributed by atoms with Gasteiger partial charge in [0.05, 0.1) is 19.1 Å². The lowest BCUT2D eigenvalue weighted by Crippen LogP contribution is -2.28. The predicted molar refractivity (Wildman–Crippen MR) is 68.7 cm³/mol. The minimum absolute atomic E-state index is 0.0498. The minimum atomic E-state index is -0.266. The largest absolute Gasteiger partial charge is 0.497 e. The third kappa shape index (κ3) is 4.01. The average Bonchev–Trinajstić information content (AvgIpc) is 2.39. The van der Waals surface area contributed by atoms with E-state index in [2.05, 4.69) is 11.0 Å². The first kappa shape index (κ1) is 14.5. The highest BCUT2D eigenvalue weighted by Crippen LogP contribution is 2.18. The van der Waals surface area contributed by atoms with Gasteiger partial charge in [-0.3, -0.25) is 4.90 Å². The minimum Gasteiger partial charge on any atom is -0.497 e. The van der Waals surface area contributed by atoms with Crippen molar-refractivity contribution in [3.63, 3.8) is 0 Å². The van der Waals surface area contributed by atoms with Crippen LogP contribution in [0.1, 0.15) is 19.4 Å². The molecule has 1 rings (SSSR count). The zero-order chi connectivity index (χ0) is 13.5. The lowest BCUT2D eigenvalue weighted by molar-refractivity contribution is 0.256. The Morgan fingerprint density at radius 1 is 1.50 bits per heavy atom. The fourth-order valence-electron chi connectivity index (χ4n) is 1.76. The highest BCUT2D eigenvalue weighted by Gasteiger charge is 2.11. The molecule has 0 aliphatic rings. The summed E-state index contributed by atoms with van der Waals surface area (Å²) in [7, 11) is 1.52. The van der Waals surface area contributed by atoms with E-state index in [-0.39, 0.29) is 11.7 Å². The maximum atomic E-state index is 13.8. The van der Waals surface area contributed by atoms with Gasteiger partial charge in [0.15, 0.2) is 0 Å². The summed E-state index contributed by atoms with van der Waals surface area (Å²) in [4.78, 5) is 2.05. The van der Waals surface area contributed by atoms with Gasteiger partial charge >= 0.3 is 0 Å². The Labute approximate surface area is 108 Å². The molecular formula is C14H19FN2O. The quantitative estimate of drug-likeness (QED) is 0.779. The van der Waals surface area contributed by atoms with Crippen LogP contribution in [-0.4, -0.2) is 25.1 Å². The first-order valence-corrected chi connectivity index (χ1v) is 6.05. The molecule has 1 aromatic carbocycles. The van der Waals surface area contributed by atoms with Crippen LogP contribution in [0, 0.1) is 23.1 Å². The van der Waals surface area contributed by atoms with Crippen LogP contribution in [0.25, 0.3) is 0 Å². The predicted octanol–water partition coefficient (Wildman–Crippen LogP) is 2.82. The molecule has 0 aliphatic heterocycles. The molecule has 1 aromatic rings. The van der Waals surface area contributed by atoms with E-state index in [1.807, 2.05) is 13.8 Å². The van der Waals surface area contributed by atoms with Gasteiger partial charge in [-0.25, -0.2) is 4.39 Å². The standard InChI is InChI=1S/C14H19FN2O/c1-4-17(9-11(2)8-16)10-12-5-6-13(18-3)7-14(12)15/h5-7,11H,4,9-10H2,1-3H3. The first-order valence-electron chi connectivity index (χ1n) is 6.05. The van der Waals surface area contributed by atoms with Crippen LogP contribution >= 0.6 is 0 Å². The van der Waals surface area contributed by atoms with Crippen molar-refractivity contribution in [2.45, 2.75) is 20.4 Å². The second kappa shape index (κ2) is 6.97. The monoisotopic (exact) mass is 250 g/mol. The van der Waals surface area contributed by atoms with Gasteiger partial charge in [-0.1, -0.05) is 13.0 Å². The van der Waals surface area contributed by atoms with Crippen molar-refractivity contribution in [2.24, 2.45) is 5.92 Å². The van der Waals surface area contributed by atoms with Crippen LogP contribution in [0.2, 0.25) is 0 Å². The third-order valence-electron chi connectivity index (χ3n) is 2.85. The molecule has 0 radical (unpaired) electrons. The zero-order valence-corrected chi connectivity index (χ0v) is 11.1. The molecule has 0 aromatic heterocycles. The summed E-state index contributed by atoms with van der Waals surface area (Å²) in [5.41, 5.74) is 0.628. The van der Waals surface area contributed by atoms with Crippen molar-refractivity contribution in [1.82, 2.24) is 4.90 Å². The molecule has 0 amide bonds. The molecule has 0 aliphatic carbocycles. The number of benzene rings is 1. The molecule has 0 saturated heterocycles. The Hall–Kier alpha value is -1.60. The van der Waals surface area contributed by atoms with Crippen molar-refractivity contribution >= 4 is 0 Å². The van der Waals surface area contributed by atoms with Crippen LogP contribution in [0.4, 0.5) is 4.39 Å². The number of ether oxygens (including phenoxy) is 1. The Morgan fingerprint density at radius 2 is 2.22 bits per heavy atom. The fourth-order valence-corrected chi connectivity index (χ4v) is 1.76. The average molecular weight is 250 g/mol. The molecular weight excluding hydrogens is 231 g/mol. The number of nitriles is 1. The van der Waals surface area contributed by atoms with Gasteiger partial charge in [0, 0.05) is 24.7 Å². The Balaban J connectivity index is 2.73. The van der Waals surface area contributed by atoms with Gasteiger partial charge in [0.25, 0.3) is 0 Å².